The summed E-state index contributed by atoms with van der Waals surface area (Å²) in [6.45, 7) is 4.38. The summed E-state index contributed by atoms with van der Waals surface area (Å²) in [6.07, 6.45) is 8.29. The van der Waals surface area contributed by atoms with Gasteiger partial charge in [-0.3, -0.25) is 15.6 Å². The number of hydrogen-bond acceptors (Lipinski definition) is 6. The second-order valence-corrected chi connectivity index (χ2v) is 10.9. The number of fused-ring (bicyclic) bond motifs is 2. The number of carbonyl (C=O) groups excluding carboxylic acids is 2. The lowest BCUT2D eigenvalue weighted by Gasteiger charge is -2.19. The van der Waals surface area contributed by atoms with Crippen LogP contribution in [0.2, 0.25) is 0 Å². The molecule has 32 heavy (non-hydrogen) atoms. The number of nitrogens with one attached hydrogen (secondary N) is 3. The molecule has 1 amide bonds. The largest absolute Gasteiger partial charge is 0.462 e. The molecule has 2 aliphatic carbocycles. The molecule has 1 atom stereocenters. The topological polar surface area (TPSA) is 79.5 Å². The molecule has 0 radical (unpaired) electrons. The third-order valence-electron chi connectivity index (χ3n) is 6.06. The number of amides is 1. The maximum atomic E-state index is 12.7. The molecular formula is C23H29N3O3S3. The summed E-state index contributed by atoms with van der Waals surface area (Å²) >= 11 is 8.64. The van der Waals surface area contributed by atoms with Crippen LogP contribution in [-0.2, 0) is 30.4 Å². The molecule has 0 aromatic carbocycles. The van der Waals surface area contributed by atoms with Crippen molar-refractivity contribution in [2.45, 2.75) is 65.2 Å². The highest BCUT2D eigenvalue weighted by Crippen LogP contribution is 2.38. The third-order valence-corrected chi connectivity index (χ3v) is 8.53. The Hall–Kier alpha value is -1.97. The van der Waals surface area contributed by atoms with Gasteiger partial charge in [0, 0.05) is 15.1 Å². The standard InChI is InChI=1S/C23H29N3O3S3/c1-3-29-22(28)19-15-7-5-4-6-8-17(15)32-21(19)24-23(30)26-25-20(27)16-12-31-18-11-13(2)9-10-14(16)18/h12-13H,3-11H2,1-2H3,(H,25,27)(H2,24,26,30). The van der Waals surface area contributed by atoms with Crippen molar-refractivity contribution in [2.24, 2.45) is 5.92 Å². The number of aryl methyl sites for hydroxylation is 1. The number of thiocarbonyl (C=S) groups is 1. The van der Waals surface area contributed by atoms with Gasteiger partial charge in [-0.2, -0.15) is 0 Å². The molecule has 2 aromatic rings. The highest BCUT2D eigenvalue weighted by molar-refractivity contribution is 7.80. The van der Waals surface area contributed by atoms with Crippen molar-refractivity contribution in [1.29, 1.82) is 0 Å². The monoisotopic (exact) mass is 491 g/mol. The zero-order valence-corrected chi connectivity index (χ0v) is 20.9. The van der Waals surface area contributed by atoms with Crippen LogP contribution < -0.4 is 16.2 Å². The molecule has 0 saturated heterocycles. The van der Waals surface area contributed by atoms with E-state index in [2.05, 4.69) is 23.1 Å². The number of esters is 1. The molecule has 4 rings (SSSR count). The van der Waals surface area contributed by atoms with Crippen LogP contribution in [-0.4, -0.2) is 23.6 Å². The van der Waals surface area contributed by atoms with Crippen molar-refractivity contribution in [1.82, 2.24) is 10.9 Å². The number of thiophene rings is 2. The Morgan fingerprint density at radius 3 is 2.75 bits per heavy atom. The van der Waals surface area contributed by atoms with E-state index in [1.807, 2.05) is 12.3 Å². The van der Waals surface area contributed by atoms with Gasteiger partial charge in [0.2, 0.25) is 0 Å². The number of hydrogen-bond donors (Lipinski definition) is 3. The Kier molecular flexibility index (Phi) is 7.48. The van der Waals surface area contributed by atoms with Gasteiger partial charge < -0.3 is 10.1 Å². The molecule has 2 aromatic heterocycles. The zero-order valence-electron chi connectivity index (χ0n) is 18.5. The van der Waals surface area contributed by atoms with Crippen LogP contribution in [0.15, 0.2) is 5.38 Å². The van der Waals surface area contributed by atoms with Gasteiger partial charge in [0.25, 0.3) is 5.91 Å². The first-order valence-electron chi connectivity index (χ1n) is 11.3. The van der Waals surface area contributed by atoms with Gasteiger partial charge in [0.05, 0.1) is 17.7 Å². The summed E-state index contributed by atoms with van der Waals surface area (Å²) in [6, 6.07) is 0. The van der Waals surface area contributed by atoms with Crippen molar-refractivity contribution in [2.75, 3.05) is 11.9 Å². The van der Waals surface area contributed by atoms with Gasteiger partial charge in [0.1, 0.15) is 5.00 Å². The maximum absolute atomic E-state index is 12.7. The smallest absolute Gasteiger partial charge is 0.341 e. The third kappa shape index (κ3) is 5.00. The Bertz CT molecular complexity index is 1030. The summed E-state index contributed by atoms with van der Waals surface area (Å²) in [7, 11) is 0. The molecule has 0 bridgehead atoms. The van der Waals surface area contributed by atoms with Crippen molar-refractivity contribution < 1.29 is 14.3 Å². The van der Waals surface area contributed by atoms with E-state index in [1.54, 1.807) is 22.7 Å². The van der Waals surface area contributed by atoms with Crippen LogP contribution >= 0.6 is 34.9 Å². The summed E-state index contributed by atoms with van der Waals surface area (Å²) in [5.74, 6) is 0.163. The van der Waals surface area contributed by atoms with Gasteiger partial charge in [-0.1, -0.05) is 13.3 Å². The average molecular weight is 492 g/mol. The second kappa shape index (κ2) is 10.3. The zero-order chi connectivity index (χ0) is 22.7. The highest BCUT2D eigenvalue weighted by Gasteiger charge is 2.27. The molecule has 6 nitrogen and oxygen atoms in total. The Labute approximate surface area is 202 Å². The molecule has 0 saturated carbocycles. The van der Waals surface area contributed by atoms with E-state index in [1.165, 1.54) is 16.2 Å². The molecule has 2 heterocycles. The molecule has 0 spiro atoms. The van der Waals surface area contributed by atoms with Gasteiger partial charge in [-0.15, -0.1) is 22.7 Å². The molecule has 0 fully saturated rings. The summed E-state index contributed by atoms with van der Waals surface area (Å²) < 4.78 is 5.32. The Balaban J connectivity index is 1.43. The minimum Gasteiger partial charge on any atom is -0.462 e. The number of rotatable bonds is 4. The molecular weight excluding hydrogens is 462 g/mol. The Morgan fingerprint density at radius 2 is 1.94 bits per heavy atom. The van der Waals surface area contributed by atoms with Crippen molar-refractivity contribution in [3.05, 3.63) is 37.4 Å². The second-order valence-electron chi connectivity index (χ2n) is 8.42. The highest BCUT2D eigenvalue weighted by atomic mass is 32.1. The number of anilines is 1. The maximum Gasteiger partial charge on any atom is 0.341 e. The predicted molar refractivity (Wildman–Crippen MR) is 134 cm³/mol. The predicted octanol–water partition coefficient (Wildman–Crippen LogP) is 5.01. The molecule has 9 heteroatoms. The lowest BCUT2D eigenvalue weighted by molar-refractivity contribution is 0.0526. The minimum atomic E-state index is -0.319. The van der Waals surface area contributed by atoms with Crippen LogP contribution in [0.3, 0.4) is 0 Å². The van der Waals surface area contributed by atoms with Crippen molar-refractivity contribution in [3.63, 3.8) is 0 Å². The van der Waals surface area contributed by atoms with Crippen LogP contribution in [0.25, 0.3) is 0 Å². The average Bonchev–Trinajstić information content (AvgIpc) is 3.25. The molecule has 2 aliphatic rings. The fourth-order valence-electron chi connectivity index (χ4n) is 4.43. The van der Waals surface area contributed by atoms with Gasteiger partial charge in [0.15, 0.2) is 5.11 Å². The van der Waals surface area contributed by atoms with E-state index in [0.29, 0.717) is 23.1 Å². The first-order valence-corrected chi connectivity index (χ1v) is 13.4. The van der Waals surface area contributed by atoms with E-state index in [-0.39, 0.29) is 17.0 Å². The summed E-state index contributed by atoms with van der Waals surface area (Å²) in [4.78, 5) is 28.0. The van der Waals surface area contributed by atoms with Crippen LogP contribution in [0.5, 0.6) is 0 Å². The minimum absolute atomic E-state index is 0.186. The first kappa shape index (κ1) is 23.2. The normalized spacial score (nSPS) is 17.5. The SMILES string of the molecule is CCOC(=O)c1c(NC(=S)NNC(=O)c2csc3c2CCC(C)C3)sc2c1CCCCC2. The first-order chi connectivity index (χ1) is 15.5. The van der Waals surface area contributed by atoms with Crippen LogP contribution in [0, 0.1) is 5.92 Å². The van der Waals surface area contributed by atoms with Crippen molar-refractivity contribution in [3.8, 4) is 0 Å². The molecule has 1 unspecified atom stereocenters. The quantitative estimate of drug-likeness (QED) is 0.241. The summed E-state index contributed by atoms with van der Waals surface area (Å²) in [5.41, 5.74) is 9.08. The van der Waals surface area contributed by atoms with E-state index < -0.39 is 0 Å². The lowest BCUT2D eigenvalue weighted by atomic mass is 9.88. The van der Waals surface area contributed by atoms with E-state index in [4.69, 9.17) is 17.0 Å². The van der Waals surface area contributed by atoms with Gasteiger partial charge in [-0.05, 0) is 81.1 Å². The molecule has 172 valence electrons. The van der Waals surface area contributed by atoms with E-state index >= 15 is 0 Å². The molecule has 0 aliphatic heterocycles. The van der Waals surface area contributed by atoms with E-state index in [9.17, 15) is 9.59 Å². The van der Waals surface area contributed by atoms with E-state index in [0.717, 1.165) is 61.6 Å². The van der Waals surface area contributed by atoms with Crippen LogP contribution in [0.4, 0.5) is 5.00 Å². The van der Waals surface area contributed by atoms with Crippen LogP contribution in [0.1, 0.15) is 81.1 Å². The Morgan fingerprint density at radius 1 is 1.12 bits per heavy atom. The number of ether oxygens (including phenoxy) is 1. The fraction of sp³-hybridized carbons (Fsp3) is 0.522. The molecule has 3 N–H and O–H groups in total. The number of hydrazine groups is 1. The van der Waals surface area contributed by atoms with Gasteiger partial charge in [-0.25, -0.2) is 4.79 Å². The fourth-order valence-corrected chi connectivity index (χ4v) is 7.18. The van der Waals surface area contributed by atoms with Crippen molar-refractivity contribution >= 4 is 56.9 Å². The van der Waals surface area contributed by atoms with Gasteiger partial charge >= 0.3 is 5.97 Å². The summed E-state index contributed by atoms with van der Waals surface area (Å²) in [5, 5.41) is 5.99. The lowest BCUT2D eigenvalue weighted by Crippen LogP contribution is -2.44. The number of carbonyl (C=O) groups is 2.